The first-order chi connectivity index (χ1) is 10.3. The highest BCUT2D eigenvalue weighted by atomic mass is 16.5. The quantitative estimate of drug-likeness (QED) is 0.718. The van der Waals surface area contributed by atoms with Gasteiger partial charge in [-0.25, -0.2) is 0 Å². The first kappa shape index (κ1) is 12.5. The van der Waals surface area contributed by atoms with E-state index < -0.39 is 0 Å². The molecule has 4 heteroatoms. The third-order valence-corrected chi connectivity index (χ3v) is 4.28. The zero-order valence-electron chi connectivity index (χ0n) is 12.0. The van der Waals surface area contributed by atoms with Crippen molar-refractivity contribution in [1.29, 1.82) is 0 Å². The topological polar surface area (TPSA) is 42.2 Å². The normalized spacial score (nSPS) is 19.4. The van der Waals surface area contributed by atoms with Gasteiger partial charge in [-0.3, -0.25) is 4.90 Å². The fraction of sp³-hybridized carbons (Fsp3) is 0.294. The maximum absolute atomic E-state index is 5.52. The van der Waals surface area contributed by atoms with Gasteiger partial charge in [0.25, 0.3) is 0 Å². The Morgan fingerprint density at radius 1 is 1.14 bits per heavy atom. The second kappa shape index (κ2) is 4.97. The molecule has 1 aliphatic rings. The Labute approximate surface area is 123 Å². The third kappa shape index (κ3) is 2.12. The molecule has 4 rings (SSSR count). The van der Waals surface area contributed by atoms with Crippen LogP contribution in [0.4, 0.5) is 0 Å². The summed E-state index contributed by atoms with van der Waals surface area (Å²) in [6, 6.07) is 14.7. The molecule has 1 aliphatic heterocycles. The Kier molecular flexibility index (Phi) is 2.97. The van der Waals surface area contributed by atoms with E-state index in [0.29, 0.717) is 5.82 Å². The van der Waals surface area contributed by atoms with Crippen LogP contribution in [-0.4, -0.2) is 28.6 Å². The summed E-state index contributed by atoms with van der Waals surface area (Å²) in [6.45, 7) is 1.09. The third-order valence-electron chi connectivity index (χ3n) is 4.28. The molecule has 1 saturated heterocycles. The minimum Gasteiger partial charge on any atom is -0.337 e. The SMILES string of the molecule is CN1CCCC1c1nc(-c2cccc3ccccc23)no1. The molecule has 0 amide bonds. The minimum atomic E-state index is 0.265. The van der Waals surface area contributed by atoms with E-state index in [1.54, 1.807) is 0 Å². The summed E-state index contributed by atoms with van der Waals surface area (Å²) >= 11 is 0. The molecule has 1 atom stereocenters. The zero-order chi connectivity index (χ0) is 14.2. The lowest BCUT2D eigenvalue weighted by atomic mass is 10.0. The summed E-state index contributed by atoms with van der Waals surface area (Å²) in [5.41, 5.74) is 1.03. The lowest BCUT2D eigenvalue weighted by Gasteiger charge is -2.14. The van der Waals surface area contributed by atoms with Crippen molar-refractivity contribution in [3.63, 3.8) is 0 Å². The summed E-state index contributed by atoms with van der Waals surface area (Å²) in [5.74, 6) is 1.42. The molecule has 0 aliphatic carbocycles. The minimum absolute atomic E-state index is 0.265. The Morgan fingerprint density at radius 3 is 2.86 bits per heavy atom. The smallest absolute Gasteiger partial charge is 0.244 e. The molecule has 1 fully saturated rings. The number of hydrogen-bond donors (Lipinski definition) is 0. The maximum atomic E-state index is 5.52. The van der Waals surface area contributed by atoms with Gasteiger partial charge < -0.3 is 4.52 Å². The molecule has 2 aromatic carbocycles. The van der Waals surface area contributed by atoms with E-state index in [4.69, 9.17) is 4.52 Å². The Bertz CT molecular complexity index is 775. The standard InChI is InChI=1S/C17H17N3O/c1-20-11-5-10-15(20)17-18-16(19-21-17)14-9-4-7-12-6-2-3-8-13(12)14/h2-4,6-9,15H,5,10-11H2,1H3. The number of nitrogens with zero attached hydrogens (tertiary/aromatic N) is 3. The van der Waals surface area contributed by atoms with Crippen LogP contribution in [0.15, 0.2) is 47.0 Å². The zero-order valence-corrected chi connectivity index (χ0v) is 12.0. The van der Waals surface area contributed by atoms with Gasteiger partial charge in [-0.2, -0.15) is 4.98 Å². The van der Waals surface area contributed by atoms with Crippen molar-refractivity contribution in [2.45, 2.75) is 18.9 Å². The predicted octanol–water partition coefficient (Wildman–Crippen LogP) is 3.66. The van der Waals surface area contributed by atoms with Gasteiger partial charge in [-0.05, 0) is 37.2 Å². The maximum Gasteiger partial charge on any atom is 0.244 e. The number of aromatic nitrogens is 2. The van der Waals surface area contributed by atoms with E-state index in [1.807, 2.05) is 18.2 Å². The van der Waals surface area contributed by atoms with E-state index in [0.717, 1.165) is 29.8 Å². The number of rotatable bonds is 2. The molecule has 1 aromatic heterocycles. The highest BCUT2D eigenvalue weighted by Crippen LogP contribution is 2.32. The first-order valence-corrected chi connectivity index (χ1v) is 7.35. The molecule has 0 N–H and O–H groups in total. The molecular weight excluding hydrogens is 262 g/mol. The number of benzene rings is 2. The molecule has 4 nitrogen and oxygen atoms in total. The highest BCUT2D eigenvalue weighted by molar-refractivity contribution is 5.94. The van der Waals surface area contributed by atoms with Crippen molar-refractivity contribution in [2.24, 2.45) is 0 Å². The average Bonchev–Trinajstić information content (AvgIpc) is 3.15. The van der Waals surface area contributed by atoms with E-state index >= 15 is 0 Å². The van der Waals surface area contributed by atoms with Crippen molar-refractivity contribution in [1.82, 2.24) is 15.0 Å². The monoisotopic (exact) mass is 279 g/mol. The van der Waals surface area contributed by atoms with E-state index in [2.05, 4.69) is 46.4 Å². The van der Waals surface area contributed by atoms with Crippen LogP contribution in [0.25, 0.3) is 22.2 Å². The average molecular weight is 279 g/mol. The molecule has 3 aromatic rings. The van der Waals surface area contributed by atoms with Crippen molar-refractivity contribution in [3.8, 4) is 11.4 Å². The van der Waals surface area contributed by atoms with Gasteiger partial charge in [-0.1, -0.05) is 47.6 Å². The largest absolute Gasteiger partial charge is 0.337 e. The Balaban J connectivity index is 1.78. The second-order valence-corrected chi connectivity index (χ2v) is 5.62. The highest BCUT2D eigenvalue weighted by Gasteiger charge is 2.28. The number of likely N-dealkylation sites (tertiary alicyclic amines) is 1. The number of fused-ring (bicyclic) bond motifs is 1. The molecule has 0 saturated carbocycles. The van der Waals surface area contributed by atoms with E-state index in [9.17, 15) is 0 Å². The predicted molar refractivity (Wildman–Crippen MR) is 81.8 cm³/mol. The van der Waals surface area contributed by atoms with Crippen LogP contribution in [0.2, 0.25) is 0 Å². The molecule has 0 bridgehead atoms. The second-order valence-electron chi connectivity index (χ2n) is 5.62. The molecule has 0 spiro atoms. The van der Waals surface area contributed by atoms with Crippen LogP contribution in [0.1, 0.15) is 24.8 Å². The fourth-order valence-corrected chi connectivity index (χ4v) is 3.12. The van der Waals surface area contributed by atoms with Crippen LogP contribution in [-0.2, 0) is 0 Å². The van der Waals surface area contributed by atoms with Crippen molar-refractivity contribution >= 4 is 10.8 Å². The molecule has 106 valence electrons. The fourth-order valence-electron chi connectivity index (χ4n) is 3.12. The molecule has 0 radical (unpaired) electrons. The van der Waals surface area contributed by atoms with Crippen molar-refractivity contribution in [2.75, 3.05) is 13.6 Å². The van der Waals surface area contributed by atoms with Crippen LogP contribution in [0, 0.1) is 0 Å². The van der Waals surface area contributed by atoms with Crippen molar-refractivity contribution in [3.05, 3.63) is 48.4 Å². The van der Waals surface area contributed by atoms with Gasteiger partial charge in [0.2, 0.25) is 11.7 Å². The van der Waals surface area contributed by atoms with E-state index in [1.165, 1.54) is 11.8 Å². The molecular formula is C17H17N3O. The number of hydrogen-bond acceptors (Lipinski definition) is 4. The summed E-state index contributed by atoms with van der Waals surface area (Å²) < 4.78 is 5.52. The van der Waals surface area contributed by atoms with Crippen LogP contribution < -0.4 is 0 Å². The molecule has 21 heavy (non-hydrogen) atoms. The van der Waals surface area contributed by atoms with Gasteiger partial charge in [0.15, 0.2) is 0 Å². The van der Waals surface area contributed by atoms with Crippen LogP contribution in [0.3, 0.4) is 0 Å². The summed E-state index contributed by atoms with van der Waals surface area (Å²) in [4.78, 5) is 6.92. The summed E-state index contributed by atoms with van der Waals surface area (Å²) in [7, 11) is 2.11. The van der Waals surface area contributed by atoms with Gasteiger partial charge in [0.1, 0.15) is 0 Å². The molecule has 2 heterocycles. The molecule has 1 unspecified atom stereocenters. The first-order valence-electron chi connectivity index (χ1n) is 7.35. The van der Waals surface area contributed by atoms with Gasteiger partial charge in [0, 0.05) is 5.56 Å². The Hall–Kier alpha value is -2.20. The van der Waals surface area contributed by atoms with Crippen molar-refractivity contribution < 1.29 is 4.52 Å². The van der Waals surface area contributed by atoms with Crippen LogP contribution in [0.5, 0.6) is 0 Å². The summed E-state index contributed by atoms with van der Waals surface area (Å²) in [5, 5.41) is 6.56. The summed E-state index contributed by atoms with van der Waals surface area (Å²) in [6.07, 6.45) is 2.28. The van der Waals surface area contributed by atoms with Crippen LogP contribution >= 0.6 is 0 Å². The van der Waals surface area contributed by atoms with Gasteiger partial charge >= 0.3 is 0 Å². The Morgan fingerprint density at radius 2 is 2.00 bits per heavy atom. The van der Waals surface area contributed by atoms with Gasteiger partial charge in [-0.15, -0.1) is 0 Å². The van der Waals surface area contributed by atoms with E-state index in [-0.39, 0.29) is 6.04 Å². The lowest BCUT2D eigenvalue weighted by Crippen LogP contribution is -2.17. The lowest BCUT2D eigenvalue weighted by molar-refractivity contribution is 0.245. The van der Waals surface area contributed by atoms with Gasteiger partial charge in [0.05, 0.1) is 6.04 Å².